The summed E-state index contributed by atoms with van der Waals surface area (Å²) in [4.78, 5) is 26.1. The smallest absolute Gasteiger partial charge is 0.229 e. The summed E-state index contributed by atoms with van der Waals surface area (Å²) in [5.41, 5.74) is 5.66. The number of nitrogens with zero attached hydrogens (tertiary/aromatic N) is 6. The number of fused-ring (bicyclic) bond motifs is 1. The molecule has 3 aromatic rings. The van der Waals surface area contributed by atoms with Gasteiger partial charge >= 0.3 is 0 Å². The van der Waals surface area contributed by atoms with Crippen LogP contribution in [0.15, 0.2) is 52.6 Å². The van der Waals surface area contributed by atoms with Crippen molar-refractivity contribution in [2.75, 3.05) is 23.3 Å². The SMILES string of the molecule is CCN(CC)c1ccc(/N=C2/C(C(C)(C)C)=Nn3nc(-c4ccc(NC(=O)C(C)(C)C)cc4)nc32)c(C)c1. The van der Waals surface area contributed by atoms with Gasteiger partial charge in [-0.1, -0.05) is 41.5 Å². The fourth-order valence-electron chi connectivity index (χ4n) is 4.19. The molecule has 0 unspecified atom stereocenters. The van der Waals surface area contributed by atoms with Crippen LogP contribution in [0.25, 0.3) is 11.4 Å². The molecule has 0 bridgehead atoms. The molecule has 1 aromatic heterocycles. The van der Waals surface area contributed by atoms with E-state index in [0.29, 0.717) is 11.6 Å². The average molecular weight is 514 g/mol. The number of nitrogens with one attached hydrogen (secondary N) is 1. The molecule has 38 heavy (non-hydrogen) atoms. The van der Waals surface area contributed by atoms with Crippen molar-refractivity contribution in [3.05, 3.63) is 53.9 Å². The molecule has 0 saturated heterocycles. The average Bonchev–Trinajstić information content (AvgIpc) is 3.40. The van der Waals surface area contributed by atoms with Gasteiger partial charge in [-0.3, -0.25) is 4.79 Å². The highest BCUT2D eigenvalue weighted by atomic mass is 16.2. The summed E-state index contributed by atoms with van der Waals surface area (Å²) >= 11 is 0. The van der Waals surface area contributed by atoms with Crippen molar-refractivity contribution >= 4 is 34.4 Å². The quantitative estimate of drug-likeness (QED) is 0.409. The summed E-state index contributed by atoms with van der Waals surface area (Å²) in [6, 6.07) is 13.9. The Kier molecular flexibility index (Phi) is 7.28. The molecule has 0 fully saturated rings. The number of amides is 1. The van der Waals surface area contributed by atoms with E-state index in [1.165, 1.54) is 5.69 Å². The Morgan fingerprint density at radius 3 is 2.21 bits per heavy atom. The van der Waals surface area contributed by atoms with E-state index in [1.807, 2.05) is 45.0 Å². The number of carbonyl (C=O) groups excluding carboxylic acids is 1. The number of benzene rings is 2. The molecule has 0 radical (unpaired) electrons. The molecule has 1 aliphatic rings. The fraction of sp³-hybridized carbons (Fsp3) is 0.433. The van der Waals surface area contributed by atoms with Crippen molar-refractivity contribution in [3.63, 3.8) is 0 Å². The lowest BCUT2D eigenvalue weighted by Gasteiger charge is -2.22. The minimum atomic E-state index is -0.465. The third-order valence-corrected chi connectivity index (χ3v) is 6.56. The maximum absolute atomic E-state index is 12.3. The Labute approximate surface area is 225 Å². The zero-order valence-electron chi connectivity index (χ0n) is 24.0. The molecular weight excluding hydrogens is 474 g/mol. The van der Waals surface area contributed by atoms with Crippen LogP contribution in [-0.4, -0.2) is 45.3 Å². The Morgan fingerprint density at radius 1 is 1.00 bits per heavy atom. The van der Waals surface area contributed by atoms with E-state index in [0.717, 1.165) is 47.0 Å². The number of aryl methyl sites for hydroxylation is 1. The third-order valence-electron chi connectivity index (χ3n) is 6.56. The van der Waals surface area contributed by atoms with E-state index in [9.17, 15) is 4.79 Å². The second kappa shape index (κ2) is 10.2. The van der Waals surface area contributed by atoms with Crippen LogP contribution in [0.1, 0.15) is 66.8 Å². The molecule has 4 rings (SSSR count). The Bertz CT molecular complexity index is 1400. The number of hydrogen-bond acceptors (Lipinski definition) is 6. The van der Waals surface area contributed by atoms with Crippen molar-refractivity contribution in [2.45, 2.75) is 62.3 Å². The van der Waals surface area contributed by atoms with Gasteiger partial charge in [0.25, 0.3) is 0 Å². The van der Waals surface area contributed by atoms with Gasteiger partial charge in [-0.15, -0.1) is 9.89 Å². The van der Waals surface area contributed by atoms with Gasteiger partial charge in [-0.2, -0.15) is 5.10 Å². The largest absolute Gasteiger partial charge is 0.372 e. The number of anilines is 2. The second-order valence-corrected chi connectivity index (χ2v) is 11.7. The van der Waals surface area contributed by atoms with Gasteiger partial charge in [-0.25, -0.2) is 9.98 Å². The molecule has 0 atom stereocenters. The zero-order valence-corrected chi connectivity index (χ0v) is 24.0. The molecule has 0 saturated carbocycles. The van der Waals surface area contributed by atoms with Crippen LogP contribution >= 0.6 is 0 Å². The molecule has 8 heteroatoms. The molecule has 1 amide bonds. The number of rotatable bonds is 6. The molecule has 200 valence electrons. The minimum absolute atomic E-state index is 0.0327. The standard InChI is InChI=1S/C30H39N7O/c1-10-36(11-2)22-16-17-23(19(3)18-22)32-24-25(29(4,5)6)34-37-27(24)33-26(35-37)20-12-14-21(15-13-20)31-28(38)30(7,8)9/h12-18H,10-11H2,1-9H3,(H,31,38)/b32-24-. The summed E-state index contributed by atoms with van der Waals surface area (Å²) < 4.78 is 0. The van der Waals surface area contributed by atoms with Crippen LogP contribution in [0, 0.1) is 17.8 Å². The van der Waals surface area contributed by atoms with Crippen molar-refractivity contribution < 1.29 is 4.79 Å². The lowest BCUT2D eigenvalue weighted by Crippen LogP contribution is -2.27. The van der Waals surface area contributed by atoms with E-state index in [-0.39, 0.29) is 11.3 Å². The monoisotopic (exact) mass is 513 g/mol. The highest BCUT2D eigenvalue weighted by Gasteiger charge is 2.35. The first kappa shape index (κ1) is 27.2. The molecular formula is C30H39N7O. The number of aromatic nitrogens is 3. The van der Waals surface area contributed by atoms with Gasteiger partial charge in [0.2, 0.25) is 11.7 Å². The van der Waals surface area contributed by atoms with E-state index < -0.39 is 5.41 Å². The van der Waals surface area contributed by atoms with Gasteiger partial charge in [0.15, 0.2) is 5.82 Å². The van der Waals surface area contributed by atoms with Crippen molar-refractivity contribution in [1.82, 2.24) is 14.9 Å². The first-order valence-corrected chi connectivity index (χ1v) is 13.2. The molecule has 2 aromatic carbocycles. The van der Waals surface area contributed by atoms with E-state index in [4.69, 9.17) is 15.1 Å². The zero-order chi connectivity index (χ0) is 27.8. The molecule has 1 N–H and O–H groups in total. The van der Waals surface area contributed by atoms with E-state index in [1.54, 1.807) is 4.79 Å². The number of carbonyl (C=O) groups is 1. The first-order valence-electron chi connectivity index (χ1n) is 13.2. The van der Waals surface area contributed by atoms with Crippen molar-refractivity contribution in [3.8, 4) is 11.4 Å². The topological polar surface area (TPSA) is 87.8 Å². The third kappa shape index (κ3) is 5.54. The van der Waals surface area contributed by atoms with Crippen molar-refractivity contribution in [2.24, 2.45) is 20.9 Å². The lowest BCUT2D eigenvalue weighted by molar-refractivity contribution is -0.123. The van der Waals surface area contributed by atoms with Crippen LogP contribution in [0.5, 0.6) is 0 Å². The Morgan fingerprint density at radius 2 is 1.66 bits per heavy atom. The summed E-state index contributed by atoms with van der Waals surface area (Å²) in [7, 11) is 0. The highest BCUT2D eigenvalue weighted by molar-refractivity contribution is 6.50. The van der Waals surface area contributed by atoms with Crippen LogP contribution in [-0.2, 0) is 4.79 Å². The minimum Gasteiger partial charge on any atom is -0.372 e. The van der Waals surface area contributed by atoms with Gasteiger partial charge in [-0.05, 0) is 68.8 Å². The summed E-state index contributed by atoms with van der Waals surface area (Å²) in [6.07, 6.45) is 0. The predicted octanol–water partition coefficient (Wildman–Crippen LogP) is 6.47. The summed E-state index contributed by atoms with van der Waals surface area (Å²) in [6.45, 7) is 20.4. The molecule has 8 nitrogen and oxygen atoms in total. The maximum atomic E-state index is 12.3. The molecule has 1 aliphatic heterocycles. The molecule has 0 spiro atoms. The second-order valence-electron chi connectivity index (χ2n) is 11.7. The van der Waals surface area contributed by atoms with Gasteiger partial charge < -0.3 is 10.2 Å². The summed E-state index contributed by atoms with van der Waals surface area (Å²) in [5, 5.41) is 12.4. The Hall–Kier alpha value is -3.81. The normalized spacial score (nSPS) is 14.4. The van der Waals surface area contributed by atoms with Crippen molar-refractivity contribution in [1.29, 1.82) is 0 Å². The van der Waals surface area contributed by atoms with Crippen LogP contribution in [0.4, 0.5) is 17.1 Å². The summed E-state index contributed by atoms with van der Waals surface area (Å²) in [5.74, 6) is 1.16. The Balaban J connectivity index is 1.68. The highest BCUT2D eigenvalue weighted by Crippen LogP contribution is 2.31. The van der Waals surface area contributed by atoms with E-state index in [2.05, 4.69) is 75.1 Å². The first-order chi connectivity index (χ1) is 17.8. The van der Waals surface area contributed by atoms with Gasteiger partial charge in [0, 0.05) is 40.9 Å². The van der Waals surface area contributed by atoms with E-state index >= 15 is 0 Å². The van der Waals surface area contributed by atoms with Crippen LogP contribution < -0.4 is 10.2 Å². The van der Waals surface area contributed by atoms with Crippen LogP contribution in [0.2, 0.25) is 0 Å². The molecule has 0 aliphatic carbocycles. The van der Waals surface area contributed by atoms with Gasteiger partial charge in [0.1, 0.15) is 5.71 Å². The van der Waals surface area contributed by atoms with Crippen LogP contribution in [0.3, 0.4) is 0 Å². The number of hydrogen-bond donors (Lipinski definition) is 1. The number of aliphatic imine (C=N–C) groups is 1. The van der Waals surface area contributed by atoms with Gasteiger partial charge in [0.05, 0.1) is 11.4 Å². The predicted molar refractivity (Wildman–Crippen MR) is 157 cm³/mol. The lowest BCUT2D eigenvalue weighted by atomic mass is 9.87. The maximum Gasteiger partial charge on any atom is 0.229 e. The molecule has 2 heterocycles. The fourth-order valence-corrected chi connectivity index (χ4v) is 4.19.